The summed E-state index contributed by atoms with van der Waals surface area (Å²) in [6, 6.07) is 5.11. The maximum Gasteiger partial charge on any atom is 0.482 e. The molecule has 2 aromatic rings. The van der Waals surface area contributed by atoms with E-state index in [9.17, 15) is 32.7 Å². The molecule has 3 saturated carbocycles. The fraction of sp³-hybridized carbons (Fsp3) is 0.653. The fourth-order valence-corrected chi connectivity index (χ4v) is 12.9. The number of aliphatic hydroxyl groups is 1. The largest absolute Gasteiger partial charge is 0.487 e. The number of sulfonamides is 1. The number of nitrogens with zero attached hydrogens (tertiary/aromatic N) is 2. The van der Waals surface area contributed by atoms with Gasteiger partial charge in [-0.2, -0.15) is 0 Å². The number of hydrogen-bond acceptors (Lipinski definition) is 12. The summed E-state index contributed by atoms with van der Waals surface area (Å²) in [4.78, 5) is 58.0. The number of amides is 4. The van der Waals surface area contributed by atoms with E-state index in [1.165, 1.54) is 0 Å². The first-order chi connectivity index (χ1) is 32.3. The monoisotopic (exact) mass is 977 g/mol. The van der Waals surface area contributed by atoms with Crippen LogP contribution in [0.1, 0.15) is 131 Å². The van der Waals surface area contributed by atoms with Crippen LogP contribution in [0.25, 0.3) is 0 Å². The van der Waals surface area contributed by atoms with Crippen LogP contribution in [0.15, 0.2) is 34.2 Å². The van der Waals surface area contributed by atoms with Gasteiger partial charge in [-0.25, -0.2) is 13.1 Å². The van der Waals surface area contributed by atoms with Gasteiger partial charge in [0.1, 0.15) is 17.4 Å². The van der Waals surface area contributed by atoms with E-state index >= 15 is 0 Å². The number of carbonyl (C=O) groups is 4. The van der Waals surface area contributed by atoms with Gasteiger partial charge in [0.25, 0.3) is 15.9 Å². The molecule has 8 atom stereocenters. The Balaban J connectivity index is 0.760. The van der Waals surface area contributed by atoms with Crippen molar-refractivity contribution >= 4 is 46.7 Å². The first-order valence-electron chi connectivity index (χ1n) is 24.5. The summed E-state index contributed by atoms with van der Waals surface area (Å²) in [6.07, 6.45) is 4.24. The van der Waals surface area contributed by atoms with Crippen LogP contribution in [0.4, 0.5) is 0 Å². The Labute approximate surface area is 407 Å². The number of unbranched alkanes of at least 4 members (excludes halogenated alkanes) is 1. The Kier molecular flexibility index (Phi) is 15.2. The summed E-state index contributed by atoms with van der Waals surface area (Å²) in [5, 5.41) is 19.1. The molecule has 378 valence electrons. The molecule has 6 aliphatic rings. The molecular formula is C49H73BN8O10S. The first-order valence-corrected chi connectivity index (χ1v) is 26.0. The van der Waals surface area contributed by atoms with Gasteiger partial charge in [0, 0.05) is 50.1 Å². The van der Waals surface area contributed by atoms with Crippen molar-refractivity contribution in [3.63, 3.8) is 0 Å². The third-order valence-electron chi connectivity index (χ3n) is 15.5. The first kappa shape index (κ1) is 52.1. The van der Waals surface area contributed by atoms with Crippen LogP contribution in [0.3, 0.4) is 0 Å². The number of fused-ring (bicyclic) bond motifs is 1. The number of ether oxygens (including phenoxy) is 1. The molecular weight excluding hydrogens is 903 g/mol. The fourth-order valence-electron chi connectivity index (χ4n) is 11.3. The van der Waals surface area contributed by atoms with Crippen LogP contribution in [0.2, 0.25) is 0 Å². The number of nitrogens with one attached hydrogen (secondary N) is 4. The lowest BCUT2D eigenvalue weighted by Gasteiger charge is -2.64. The molecule has 4 amide bonds. The van der Waals surface area contributed by atoms with Crippen LogP contribution in [-0.2, 0) is 46.7 Å². The van der Waals surface area contributed by atoms with E-state index in [4.69, 9.17) is 25.5 Å². The Bertz CT molecular complexity index is 2450. The molecule has 8 rings (SSSR count). The van der Waals surface area contributed by atoms with Crippen molar-refractivity contribution in [1.29, 1.82) is 0 Å². The number of carbonyl (C=O) groups excluding carboxylic acids is 4. The number of likely N-dealkylation sites (tertiary alicyclic amines) is 1. The molecule has 2 saturated heterocycles. The van der Waals surface area contributed by atoms with Gasteiger partial charge in [-0.05, 0) is 145 Å². The Hall–Kier alpha value is -4.76. The van der Waals surface area contributed by atoms with Gasteiger partial charge in [0.2, 0.25) is 23.7 Å². The van der Waals surface area contributed by atoms with Gasteiger partial charge in [-0.15, -0.1) is 0 Å². The van der Waals surface area contributed by atoms with Crippen LogP contribution >= 0.6 is 0 Å². The van der Waals surface area contributed by atoms with Gasteiger partial charge in [0.05, 0.1) is 34.7 Å². The molecule has 3 aliphatic carbocycles. The number of nitrogens with two attached hydrogens (primary N) is 2. The van der Waals surface area contributed by atoms with E-state index < -0.39 is 58.4 Å². The molecule has 18 nitrogen and oxygen atoms in total. The summed E-state index contributed by atoms with van der Waals surface area (Å²) in [6.45, 7) is 18.5. The highest BCUT2D eigenvalue weighted by Crippen LogP contribution is 2.66. The highest BCUT2D eigenvalue weighted by atomic mass is 32.2. The Morgan fingerprint density at radius 3 is 2.38 bits per heavy atom. The van der Waals surface area contributed by atoms with Crippen molar-refractivity contribution in [2.24, 2.45) is 33.7 Å². The number of rotatable bonds is 18. The minimum atomic E-state index is -4.03. The van der Waals surface area contributed by atoms with Crippen molar-refractivity contribution in [3.05, 3.63) is 57.6 Å². The number of hydrogen-bond donors (Lipinski definition) is 7. The lowest BCUT2D eigenvalue weighted by molar-refractivity contribution is -0.199. The van der Waals surface area contributed by atoms with Crippen molar-refractivity contribution < 1.29 is 46.7 Å². The van der Waals surface area contributed by atoms with E-state index in [1.54, 1.807) is 49.9 Å². The zero-order valence-electron chi connectivity index (χ0n) is 41.7. The molecule has 3 aliphatic heterocycles. The Morgan fingerprint density at radius 1 is 0.971 bits per heavy atom. The summed E-state index contributed by atoms with van der Waals surface area (Å²) >= 11 is 0. The molecule has 0 spiro atoms. The summed E-state index contributed by atoms with van der Waals surface area (Å²) < 4.78 is 48.5. The molecule has 0 radical (unpaired) electrons. The molecule has 1 unspecified atom stereocenters. The number of β-amino-alcohol motifs (C(OH)–C–C–N with tert-alkyl or cyclic N) is 1. The van der Waals surface area contributed by atoms with Gasteiger partial charge in [0.15, 0.2) is 0 Å². The summed E-state index contributed by atoms with van der Waals surface area (Å²) in [7, 11) is -4.68. The average Bonchev–Trinajstić information content (AvgIpc) is 3.96. The second-order valence-electron chi connectivity index (χ2n) is 21.4. The smallest absolute Gasteiger partial charge is 0.482 e. The van der Waals surface area contributed by atoms with Gasteiger partial charge in [-0.1, -0.05) is 26.0 Å². The minimum absolute atomic E-state index is 0.0492. The highest BCUT2D eigenvalue weighted by molar-refractivity contribution is 7.90. The van der Waals surface area contributed by atoms with Crippen LogP contribution in [-0.4, -0.2) is 116 Å². The summed E-state index contributed by atoms with van der Waals surface area (Å²) in [5.41, 5.74) is 15.4. The SMILES string of the molecule is Cc1c(C)c(S(=O)(=O)NC(N)=NCCC[C@H](N)C(=O)NCCCCC(=O)NCc2ccc(C(=O)N[C@H](C)C(=O)N3C[C@@H](O)C[C@H]3B3OC4C[C@@H]5C[C@@H](C5(C)C)[C@]4(C)O3)cc2)c(C)c2c1OC(C)(C)C2. The minimum Gasteiger partial charge on any atom is -0.487 e. The molecule has 69 heavy (non-hydrogen) atoms. The number of aliphatic hydroxyl groups excluding tert-OH is 1. The third kappa shape index (κ3) is 10.9. The number of aliphatic imine (C=N–C) groups is 1. The molecule has 3 heterocycles. The van der Waals surface area contributed by atoms with Crippen molar-refractivity contribution in [2.45, 2.75) is 173 Å². The molecule has 2 aromatic carbocycles. The van der Waals surface area contributed by atoms with Crippen molar-refractivity contribution in [1.82, 2.24) is 25.6 Å². The topological polar surface area (TPSA) is 266 Å². The van der Waals surface area contributed by atoms with Crippen LogP contribution in [0.5, 0.6) is 5.75 Å². The van der Waals surface area contributed by atoms with Crippen molar-refractivity contribution in [3.8, 4) is 5.75 Å². The van der Waals surface area contributed by atoms with E-state index in [0.717, 1.165) is 35.3 Å². The number of guanidine groups is 1. The quantitative estimate of drug-likeness (QED) is 0.0492. The van der Waals surface area contributed by atoms with Crippen LogP contribution < -0.4 is 36.9 Å². The van der Waals surface area contributed by atoms with E-state index in [1.807, 2.05) is 20.8 Å². The Morgan fingerprint density at radius 2 is 1.68 bits per heavy atom. The molecule has 20 heteroatoms. The molecule has 5 fully saturated rings. The number of benzene rings is 2. The molecule has 0 aromatic heterocycles. The third-order valence-corrected chi connectivity index (χ3v) is 17.2. The lowest BCUT2D eigenvalue weighted by atomic mass is 9.43. The van der Waals surface area contributed by atoms with Crippen LogP contribution in [0, 0.1) is 38.0 Å². The van der Waals surface area contributed by atoms with E-state index in [0.29, 0.717) is 73.6 Å². The second-order valence-corrected chi connectivity index (χ2v) is 23.0. The second kappa shape index (κ2) is 20.2. The summed E-state index contributed by atoms with van der Waals surface area (Å²) in [5.74, 6) is -0.257. The van der Waals surface area contributed by atoms with E-state index in [-0.39, 0.29) is 66.2 Å². The van der Waals surface area contributed by atoms with Crippen molar-refractivity contribution in [2.75, 3.05) is 19.6 Å². The predicted octanol–water partition coefficient (Wildman–Crippen LogP) is 2.98. The van der Waals surface area contributed by atoms with Gasteiger partial charge < -0.3 is 51.5 Å². The lowest BCUT2D eigenvalue weighted by Crippen LogP contribution is -2.65. The zero-order valence-corrected chi connectivity index (χ0v) is 42.5. The normalized spacial score (nSPS) is 26.2. The van der Waals surface area contributed by atoms with Gasteiger partial charge in [-0.3, -0.25) is 24.2 Å². The maximum atomic E-state index is 13.7. The average molecular weight is 977 g/mol. The van der Waals surface area contributed by atoms with E-state index in [2.05, 4.69) is 46.4 Å². The highest BCUT2D eigenvalue weighted by Gasteiger charge is 2.69. The standard InChI is InChI=1S/C49H73BN8O10S/c1-27-28(2)42(29(3)35-24-47(5,6)66-41(27)35)69(64,65)57-46(52)54-20-12-13-36(51)44(62)53-19-11-10-14-40(60)55-25-31-15-17-32(18-16-31)43(61)56-30(4)45(63)58-26-34(59)23-39(58)50-67-38-22-33-21-37(48(33,7)8)49(38,9)68-50/h15-18,30,33-34,36-39,59H,10-14,19-26,51H2,1-9H3,(H,53,62)(H,55,60)(H,56,61)(H3,52,54,57)/t30-,33+,34+,36+,37+,38?,39+,49+/m1/s1. The molecule has 9 N–H and O–H groups in total. The predicted molar refractivity (Wildman–Crippen MR) is 261 cm³/mol. The van der Waals surface area contributed by atoms with Gasteiger partial charge >= 0.3 is 7.12 Å². The zero-order chi connectivity index (χ0) is 50.4. The molecule has 2 bridgehead atoms. The maximum absolute atomic E-state index is 13.7.